The second-order valence-corrected chi connectivity index (χ2v) is 10.6. The van der Waals surface area contributed by atoms with Gasteiger partial charge < -0.3 is 14.6 Å². The van der Waals surface area contributed by atoms with Crippen molar-refractivity contribution in [3.05, 3.63) is 46.6 Å². The summed E-state index contributed by atoms with van der Waals surface area (Å²) in [4.78, 5) is 24.7. The van der Waals surface area contributed by atoms with Gasteiger partial charge in [0, 0.05) is 11.7 Å². The summed E-state index contributed by atoms with van der Waals surface area (Å²) < 4.78 is 31.8. The molecule has 176 valence electrons. The maximum absolute atomic E-state index is 12.5. The van der Waals surface area contributed by atoms with Crippen LogP contribution >= 0.6 is 0 Å². The molecule has 0 atom stereocenters. The molecule has 0 saturated heterocycles. The highest BCUT2D eigenvalue weighted by Gasteiger charge is 2.27. The molecule has 1 saturated carbocycles. The maximum atomic E-state index is 12.5. The van der Waals surface area contributed by atoms with Crippen LogP contribution in [0.2, 0.25) is 0 Å². The van der Waals surface area contributed by atoms with Crippen molar-refractivity contribution in [2.45, 2.75) is 63.8 Å². The minimum atomic E-state index is -3.63. The molecule has 0 radical (unpaired) electrons. The van der Waals surface area contributed by atoms with Crippen LogP contribution in [0, 0.1) is 32.1 Å². The van der Waals surface area contributed by atoms with Crippen LogP contribution in [-0.2, 0) is 24.2 Å². The second kappa shape index (κ2) is 10.2. The molecule has 0 spiro atoms. The highest BCUT2D eigenvalue weighted by atomic mass is 32.2. The first-order valence-electron chi connectivity index (χ1n) is 11.0. The summed E-state index contributed by atoms with van der Waals surface area (Å²) in [5.74, 6) is -1.32. The van der Waals surface area contributed by atoms with Crippen LogP contribution in [0.15, 0.2) is 29.2 Å². The Hall–Kier alpha value is -3.12. The maximum Gasteiger partial charge on any atom is 0.307 e. The first-order chi connectivity index (χ1) is 15.6. The Bertz CT molecular complexity index is 1180. The molecule has 1 aromatic heterocycles. The van der Waals surface area contributed by atoms with Crippen molar-refractivity contribution < 1.29 is 22.7 Å². The van der Waals surface area contributed by atoms with Gasteiger partial charge in [-0.15, -0.1) is 0 Å². The summed E-state index contributed by atoms with van der Waals surface area (Å²) in [7, 11) is -3.63. The first-order valence-corrected chi connectivity index (χ1v) is 12.7. The van der Waals surface area contributed by atoms with Gasteiger partial charge in [0.25, 0.3) is 5.91 Å². The van der Waals surface area contributed by atoms with Gasteiger partial charge in [0.15, 0.2) is 16.4 Å². The van der Waals surface area contributed by atoms with Crippen molar-refractivity contribution in [1.29, 1.82) is 5.26 Å². The molecule has 1 aliphatic rings. The van der Waals surface area contributed by atoms with Crippen LogP contribution in [-0.4, -0.2) is 37.2 Å². The van der Waals surface area contributed by atoms with Gasteiger partial charge >= 0.3 is 5.97 Å². The number of hydrogen-bond acceptors (Lipinski definition) is 6. The van der Waals surface area contributed by atoms with Crippen molar-refractivity contribution in [2.24, 2.45) is 0 Å². The molecule has 1 heterocycles. The molecule has 1 N–H and O–H groups in total. The van der Waals surface area contributed by atoms with E-state index >= 15 is 0 Å². The quantitative estimate of drug-likeness (QED) is 0.586. The lowest BCUT2D eigenvalue weighted by Crippen LogP contribution is -2.24. The third kappa shape index (κ3) is 5.63. The van der Waals surface area contributed by atoms with Gasteiger partial charge in [0.05, 0.1) is 22.6 Å². The van der Waals surface area contributed by atoms with E-state index in [4.69, 9.17) is 4.74 Å². The fraction of sp³-hybridized carbons (Fsp3) is 0.458. The fourth-order valence-electron chi connectivity index (χ4n) is 4.17. The van der Waals surface area contributed by atoms with Gasteiger partial charge in [-0.25, -0.2) is 8.42 Å². The fourth-order valence-corrected chi connectivity index (χ4v) is 5.40. The molecule has 9 heteroatoms. The monoisotopic (exact) mass is 471 g/mol. The number of carbonyl (C=O) groups is 2. The Balaban J connectivity index is 1.59. The van der Waals surface area contributed by atoms with Crippen molar-refractivity contribution in [1.82, 2.24) is 4.57 Å². The number of esters is 1. The Morgan fingerprint density at radius 1 is 1.15 bits per heavy atom. The van der Waals surface area contributed by atoms with E-state index in [0.29, 0.717) is 11.4 Å². The number of sulfone groups is 1. The predicted octanol–water partition coefficient (Wildman–Crippen LogP) is 3.75. The number of nitrogens with zero attached hydrogens (tertiary/aromatic N) is 2. The zero-order valence-corrected chi connectivity index (χ0v) is 20.0. The molecule has 2 aromatic rings. The SMILES string of the molecule is Cc1ccc(S(=O)(=O)CCC(=O)OCC(=O)Nc2c(C#N)c(C)c(C)n2C2CCCC2)cc1. The average Bonchev–Trinajstić information content (AvgIpc) is 3.38. The molecule has 33 heavy (non-hydrogen) atoms. The zero-order valence-electron chi connectivity index (χ0n) is 19.2. The van der Waals surface area contributed by atoms with Gasteiger partial charge in [-0.05, 0) is 51.3 Å². The van der Waals surface area contributed by atoms with Crippen molar-refractivity contribution in [3.8, 4) is 6.07 Å². The van der Waals surface area contributed by atoms with Crippen LogP contribution in [0.25, 0.3) is 0 Å². The summed E-state index contributed by atoms with van der Waals surface area (Å²) in [5, 5.41) is 12.3. The zero-order chi connectivity index (χ0) is 24.2. The number of hydrogen-bond donors (Lipinski definition) is 1. The molecule has 1 aliphatic carbocycles. The van der Waals surface area contributed by atoms with Crippen LogP contribution in [0.5, 0.6) is 0 Å². The van der Waals surface area contributed by atoms with Crippen LogP contribution in [0.1, 0.15) is 60.5 Å². The van der Waals surface area contributed by atoms with E-state index < -0.39 is 34.1 Å². The van der Waals surface area contributed by atoms with Gasteiger partial charge in [-0.3, -0.25) is 9.59 Å². The summed E-state index contributed by atoms with van der Waals surface area (Å²) >= 11 is 0. The Labute approximate surface area is 194 Å². The Morgan fingerprint density at radius 3 is 2.39 bits per heavy atom. The van der Waals surface area contributed by atoms with Gasteiger partial charge in [-0.1, -0.05) is 30.5 Å². The van der Waals surface area contributed by atoms with E-state index in [9.17, 15) is 23.3 Å². The summed E-state index contributed by atoms with van der Waals surface area (Å²) in [6, 6.07) is 8.76. The molecule has 0 bridgehead atoms. The number of benzene rings is 1. The summed E-state index contributed by atoms with van der Waals surface area (Å²) in [6.45, 7) is 5.08. The molecule has 8 nitrogen and oxygen atoms in total. The Kier molecular flexibility index (Phi) is 7.59. The minimum absolute atomic E-state index is 0.140. The minimum Gasteiger partial charge on any atom is -0.456 e. The topological polar surface area (TPSA) is 118 Å². The predicted molar refractivity (Wildman–Crippen MR) is 124 cm³/mol. The van der Waals surface area contributed by atoms with Crippen LogP contribution < -0.4 is 5.32 Å². The lowest BCUT2D eigenvalue weighted by Gasteiger charge is -2.19. The molecule has 1 fully saturated rings. The molecular weight excluding hydrogens is 442 g/mol. The normalized spacial score (nSPS) is 14.1. The number of rotatable bonds is 8. The molecule has 1 aromatic carbocycles. The molecule has 3 rings (SSSR count). The van der Waals surface area contributed by atoms with E-state index in [-0.39, 0.29) is 17.4 Å². The Morgan fingerprint density at radius 2 is 1.79 bits per heavy atom. The largest absolute Gasteiger partial charge is 0.456 e. The van der Waals surface area contributed by atoms with Crippen LogP contribution in [0.3, 0.4) is 0 Å². The van der Waals surface area contributed by atoms with Crippen molar-refractivity contribution in [3.63, 3.8) is 0 Å². The highest BCUT2D eigenvalue weighted by Crippen LogP contribution is 2.37. The van der Waals surface area contributed by atoms with E-state index in [0.717, 1.165) is 42.5 Å². The van der Waals surface area contributed by atoms with Crippen molar-refractivity contribution >= 4 is 27.5 Å². The number of nitriles is 1. The number of carbonyl (C=O) groups excluding carboxylic acids is 2. The molecular formula is C24H29N3O5S. The van der Waals surface area contributed by atoms with Gasteiger partial charge in [0.2, 0.25) is 0 Å². The average molecular weight is 472 g/mol. The van der Waals surface area contributed by atoms with E-state index in [1.807, 2.05) is 25.3 Å². The third-order valence-electron chi connectivity index (χ3n) is 6.14. The number of aryl methyl sites for hydroxylation is 1. The number of nitrogens with one attached hydrogen (secondary N) is 1. The van der Waals surface area contributed by atoms with Crippen molar-refractivity contribution in [2.75, 3.05) is 17.7 Å². The van der Waals surface area contributed by atoms with Gasteiger partial charge in [-0.2, -0.15) is 5.26 Å². The van der Waals surface area contributed by atoms with E-state index in [1.165, 1.54) is 12.1 Å². The highest BCUT2D eigenvalue weighted by molar-refractivity contribution is 7.91. The summed E-state index contributed by atoms with van der Waals surface area (Å²) in [5.41, 5.74) is 3.09. The van der Waals surface area contributed by atoms with Crippen LogP contribution in [0.4, 0.5) is 5.82 Å². The number of anilines is 1. The van der Waals surface area contributed by atoms with E-state index in [2.05, 4.69) is 11.4 Å². The molecule has 0 aliphatic heterocycles. The molecule has 1 amide bonds. The van der Waals surface area contributed by atoms with Gasteiger partial charge in [0.1, 0.15) is 11.9 Å². The smallest absolute Gasteiger partial charge is 0.307 e. The molecule has 0 unspecified atom stereocenters. The summed E-state index contributed by atoms with van der Waals surface area (Å²) in [6.07, 6.45) is 3.79. The number of aromatic nitrogens is 1. The lowest BCUT2D eigenvalue weighted by atomic mass is 10.2. The van der Waals surface area contributed by atoms with E-state index in [1.54, 1.807) is 12.1 Å². The first kappa shape index (κ1) is 24.5. The second-order valence-electron chi connectivity index (χ2n) is 8.44. The number of ether oxygens (including phenoxy) is 1. The lowest BCUT2D eigenvalue weighted by molar-refractivity contribution is -0.146. The standard InChI is InChI=1S/C24H29N3O5S/c1-16-8-10-20(11-9-16)33(30,31)13-12-23(29)32-15-22(28)26-24-21(14-25)17(2)18(3)27(24)19-6-4-5-7-19/h8-11,19H,4-7,12-13,15H2,1-3H3,(H,26,28). The third-order valence-corrected chi connectivity index (χ3v) is 7.87. The number of amides is 1.